The maximum absolute atomic E-state index is 3.97. The van der Waals surface area contributed by atoms with Crippen LogP contribution in [0.3, 0.4) is 0 Å². The van der Waals surface area contributed by atoms with Gasteiger partial charge in [-0.3, -0.25) is 0 Å². The molecule has 0 atom stereocenters. The predicted octanol–water partition coefficient (Wildman–Crippen LogP) is 1.30. The molecule has 13 heavy (non-hydrogen) atoms. The first-order chi connectivity index (χ1) is 6.25. The van der Waals surface area contributed by atoms with Gasteiger partial charge in [0.25, 0.3) is 0 Å². The second-order valence-electron chi connectivity index (χ2n) is 3.24. The van der Waals surface area contributed by atoms with Crippen molar-refractivity contribution in [1.29, 1.82) is 0 Å². The maximum Gasteiger partial charge on any atom is 0.312 e. The smallest absolute Gasteiger partial charge is 0.189 e. The Morgan fingerprint density at radius 3 is 2.38 bits per heavy atom. The highest BCUT2D eigenvalue weighted by atomic mass is 15.3. The highest BCUT2D eigenvalue weighted by Crippen LogP contribution is 2.07. The lowest BCUT2D eigenvalue weighted by molar-refractivity contribution is -0.656. The zero-order valence-corrected chi connectivity index (χ0v) is 7.78. The molecule has 0 saturated carbocycles. The fourth-order valence-electron chi connectivity index (χ4n) is 1.46. The largest absolute Gasteiger partial charge is 0.312 e. The fraction of sp³-hybridized carbons (Fsp3) is 0.200. The molecule has 0 bridgehead atoms. The van der Waals surface area contributed by atoms with Gasteiger partial charge in [-0.15, -0.1) is 4.68 Å². The van der Waals surface area contributed by atoms with Crippen LogP contribution in [-0.4, -0.2) is 10.1 Å². The number of aromatic nitrogens is 3. The van der Waals surface area contributed by atoms with Crippen LogP contribution in [-0.2, 0) is 0 Å². The summed E-state index contributed by atoms with van der Waals surface area (Å²) >= 11 is 0. The quantitative estimate of drug-likeness (QED) is 0.649. The van der Waals surface area contributed by atoms with Gasteiger partial charge in [0.1, 0.15) is 0 Å². The molecule has 0 fully saturated rings. The topological polar surface area (TPSA) is 32.6 Å². The molecule has 1 heterocycles. The summed E-state index contributed by atoms with van der Waals surface area (Å²) in [5.41, 5.74) is 3.64. The number of rotatable bonds is 1. The van der Waals surface area contributed by atoms with E-state index in [1.54, 1.807) is 12.7 Å². The normalized spacial score (nSPS) is 10.3. The summed E-state index contributed by atoms with van der Waals surface area (Å²) in [6.45, 7) is 4.18. The van der Waals surface area contributed by atoms with Gasteiger partial charge in [0.2, 0.25) is 6.33 Å². The van der Waals surface area contributed by atoms with Gasteiger partial charge in [0.15, 0.2) is 5.69 Å². The minimum atomic E-state index is 1.12. The zero-order chi connectivity index (χ0) is 9.26. The lowest BCUT2D eigenvalue weighted by Crippen LogP contribution is -2.31. The Morgan fingerprint density at radius 1 is 1.15 bits per heavy atom. The Bertz CT molecular complexity index is 384. The van der Waals surface area contributed by atoms with Crippen molar-refractivity contribution in [3.8, 4) is 5.69 Å². The van der Waals surface area contributed by atoms with Crippen LogP contribution in [0.5, 0.6) is 0 Å². The lowest BCUT2D eigenvalue weighted by atomic mass is 10.1. The molecule has 0 saturated heterocycles. The fourth-order valence-corrected chi connectivity index (χ4v) is 1.46. The number of nitrogens with one attached hydrogen (secondary N) is 1. The van der Waals surface area contributed by atoms with Gasteiger partial charge in [0.05, 0.1) is 0 Å². The van der Waals surface area contributed by atoms with Gasteiger partial charge in [-0.2, -0.15) is 5.10 Å². The van der Waals surface area contributed by atoms with Crippen LogP contribution in [0.4, 0.5) is 0 Å². The molecule has 2 rings (SSSR count). The number of H-pyrrole nitrogens is 1. The first-order valence-corrected chi connectivity index (χ1v) is 4.24. The molecule has 0 aliphatic heterocycles. The Kier molecular flexibility index (Phi) is 1.85. The summed E-state index contributed by atoms with van der Waals surface area (Å²) in [5.74, 6) is 0. The Labute approximate surface area is 77.0 Å². The van der Waals surface area contributed by atoms with Crippen molar-refractivity contribution in [2.75, 3.05) is 0 Å². The predicted molar refractivity (Wildman–Crippen MR) is 49.6 cm³/mol. The average molecular weight is 174 g/mol. The van der Waals surface area contributed by atoms with Gasteiger partial charge >= 0.3 is 6.33 Å². The van der Waals surface area contributed by atoms with E-state index in [9.17, 15) is 0 Å². The van der Waals surface area contributed by atoms with Gasteiger partial charge in [-0.1, -0.05) is 6.07 Å². The molecule has 0 unspecified atom stereocenters. The lowest BCUT2D eigenvalue weighted by Gasteiger charge is -1.99. The van der Waals surface area contributed by atoms with Gasteiger partial charge in [0, 0.05) is 0 Å². The third-order valence-electron chi connectivity index (χ3n) is 1.94. The van der Waals surface area contributed by atoms with Crippen molar-refractivity contribution in [3.63, 3.8) is 0 Å². The Hall–Kier alpha value is -1.64. The van der Waals surface area contributed by atoms with Crippen LogP contribution in [0, 0.1) is 13.8 Å². The SMILES string of the molecule is Cc1cc(C)cc(-[n+]2cnc[nH]2)c1. The molecule has 66 valence electrons. The molecule has 0 amide bonds. The van der Waals surface area contributed by atoms with Crippen molar-refractivity contribution < 1.29 is 4.68 Å². The van der Waals surface area contributed by atoms with Crippen LogP contribution in [0.15, 0.2) is 30.9 Å². The van der Waals surface area contributed by atoms with Crippen LogP contribution < -0.4 is 4.68 Å². The number of aryl methyl sites for hydroxylation is 2. The van der Waals surface area contributed by atoms with E-state index in [-0.39, 0.29) is 0 Å². The van der Waals surface area contributed by atoms with Crippen LogP contribution >= 0.6 is 0 Å². The first-order valence-electron chi connectivity index (χ1n) is 4.24. The monoisotopic (exact) mass is 174 g/mol. The Morgan fingerprint density at radius 2 is 1.85 bits per heavy atom. The molecule has 3 nitrogen and oxygen atoms in total. The van der Waals surface area contributed by atoms with Gasteiger partial charge in [-0.05, 0) is 42.1 Å². The molecule has 0 spiro atoms. The van der Waals surface area contributed by atoms with E-state index in [0.717, 1.165) is 5.69 Å². The number of hydrogen-bond acceptors (Lipinski definition) is 1. The highest BCUT2D eigenvalue weighted by molar-refractivity contribution is 5.32. The second-order valence-corrected chi connectivity index (χ2v) is 3.24. The molecule has 1 aromatic heterocycles. The van der Waals surface area contributed by atoms with Gasteiger partial charge in [-0.25, -0.2) is 0 Å². The van der Waals surface area contributed by atoms with E-state index in [1.807, 2.05) is 4.68 Å². The molecule has 2 aromatic rings. The standard InChI is InChI=1S/C10H11N3/c1-8-3-9(2)5-10(4-8)13-7-11-6-12-13/h3-7H,1-2H3/p+1. The molecule has 1 N–H and O–H groups in total. The summed E-state index contributed by atoms with van der Waals surface area (Å²) < 4.78 is 1.89. The molecule has 0 aliphatic rings. The van der Waals surface area contributed by atoms with Crippen molar-refractivity contribution in [2.45, 2.75) is 13.8 Å². The number of nitrogens with zero attached hydrogens (tertiary/aromatic N) is 2. The van der Waals surface area contributed by atoms with Crippen LogP contribution in [0.25, 0.3) is 5.69 Å². The molecule has 3 heteroatoms. The summed E-state index contributed by atoms with van der Waals surface area (Å²) in [6, 6.07) is 6.39. The zero-order valence-electron chi connectivity index (χ0n) is 7.78. The van der Waals surface area contributed by atoms with E-state index < -0.39 is 0 Å². The number of aromatic amines is 1. The Balaban J connectivity index is 2.53. The van der Waals surface area contributed by atoms with Crippen LogP contribution in [0.1, 0.15) is 11.1 Å². The minimum Gasteiger partial charge on any atom is -0.189 e. The van der Waals surface area contributed by atoms with E-state index in [1.165, 1.54) is 11.1 Å². The summed E-state index contributed by atoms with van der Waals surface area (Å²) in [7, 11) is 0. The van der Waals surface area contributed by atoms with Crippen molar-refractivity contribution >= 4 is 0 Å². The minimum absolute atomic E-state index is 1.12. The van der Waals surface area contributed by atoms with Gasteiger partial charge < -0.3 is 0 Å². The maximum atomic E-state index is 3.97. The third-order valence-corrected chi connectivity index (χ3v) is 1.94. The summed E-state index contributed by atoms with van der Waals surface area (Å²) in [4.78, 5) is 3.97. The van der Waals surface area contributed by atoms with Crippen molar-refractivity contribution in [1.82, 2.24) is 10.1 Å². The number of hydrogen-bond donors (Lipinski definition) is 1. The van der Waals surface area contributed by atoms with Crippen molar-refractivity contribution in [2.24, 2.45) is 0 Å². The van der Waals surface area contributed by atoms with E-state index in [2.05, 4.69) is 42.1 Å². The van der Waals surface area contributed by atoms with Crippen LogP contribution in [0.2, 0.25) is 0 Å². The molecule has 0 radical (unpaired) electrons. The van der Waals surface area contributed by atoms with E-state index >= 15 is 0 Å². The molecule has 0 aliphatic carbocycles. The third kappa shape index (κ3) is 1.59. The average Bonchev–Trinajstić information content (AvgIpc) is 2.53. The van der Waals surface area contributed by atoms with E-state index in [4.69, 9.17) is 0 Å². The van der Waals surface area contributed by atoms with Crippen molar-refractivity contribution in [3.05, 3.63) is 42.0 Å². The summed E-state index contributed by atoms with van der Waals surface area (Å²) in [5, 5.41) is 3.01. The molecule has 1 aromatic carbocycles. The molecular formula is C10H12N3+. The summed E-state index contributed by atoms with van der Waals surface area (Å²) in [6.07, 6.45) is 3.42. The number of benzene rings is 1. The second kappa shape index (κ2) is 3.01. The van der Waals surface area contributed by atoms with E-state index in [0.29, 0.717) is 0 Å². The highest BCUT2D eigenvalue weighted by Gasteiger charge is 2.03. The first kappa shape index (κ1) is 7.98. The molecular weight excluding hydrogens is 162 g/mol.